The maximum atomic E-state index is 12.0. The minimum Gasteiger partial charge on any atom is -0.481 e. The van der Waals surface area contributed by atoms with Crippen LogP contribution in [0.5, 0.6) is 0 Å². The van der Waals surface area contributed by atoms with Crippen LogP contribution in [0.3, 0.4) is 0 Å². The third-order valence-electron chi connectivity index (χ3n) is 2.75. The van der Waals surface area contributed by atoms with Gasteiger partial charge in [0.1, 0.15) is 6.54 Å². The first-order valence-corrected chi connectivity index (χ1v) is 6.80. The summed E-state index contributed by atoms with van der Waals surface area (Å²) in [5, 5.41) is 19.2. The van der Waals surface area contributed by atoms with Crippen LogP contribution in [0.25, 0.3) is 0 Å². The Bertz CT molecular complexity index is 492. The predicted molar refractivity (Wildman–Crippen MR) is 76.2 cm³/mol. The van der Waals surface area contributed by atoms with Gasteiger partial charge >= 0.3 is 5.97 Å². The van der Waals surface area contributed by atoms with E-state index in [1.165, 1.54) is 4.68 Å². The van der Waals surface area contributed by atoms with E-state index in [-0.39, 0.29) is 30.8 Å². The average molecular weight is 297 g/mol. The summed E-state index contributed by atoms with van der Waals surface area (Å²) < 4.78 is 1.38. The molecule has 0 aromatic carbocycles. The number of rotatable bonds is 7. The fourth-order valence-corrected chi connectivity index (χ4v) is 2.05. The van der Waals surface area contributed by atoms with Crippen LogP contribution in [0.2, 0.25) is 0 Å². The quantitative estimate of drug-likeness (QED) is 0.657. The lowest BCUT2D eigenvalue weighted by atomic mass is 9.87. The summed E-state index contributed by atoms with van der Waals surface area (Å²) in [6.45, 7) is 6.25. The molecule has 8 heteroatoms. The van der Waals surface area contributed by atoms with Crippen LogP contribution >= 0.6 is 0 Å². The van der Waals surface area contributed by atoms with E-state index >= 15 is 0 Å². The lowest BCUT2D eigenvalue weighted by molar-refractivity contribution is -0.137. The maximum absolute atomic E-state index is 12.0. The summed E-state index contributed by atoms with van der Waals surface area (Å²) in [4.78, 5) is 22.8. The van der Waals surface area contributed by atoms with Crippen LogP contribution in [0, 0.1) is 5.41 Å². The van der Waals surface area contributed by atoms with E-state index in [1.807, 2.05) is 20.8 Å². The Morgan fingerprint density at radius 1 is 1.48 bits per heavy atom. The molecule has 1 aromatic rings. The molecule has 4 N–H and O–H groups in total. The number of hydrogen-bond donors (Lipinski definition) is 3. The van der Waals surface area contributed by atoms with Crippen molar-refractivity contribution in [1.82, 2.24) is 20.3 Å². The van der Waals surface area contributed by atoms with Gasteiger partial charge in [0.25, 0.3) is 0 Å². The second-order valence-electron chi connectivity index (χ2n) is 6.24. The molecule has 0 saturated carbocycles. The van der Waals surface area contributed by atoms with Gasteiger partial charge in [0, 0.05) is 12.6 Å². The molecule has 1 rings (SSSR count). The van der Waals surface area contributed by atoms with Crippen molar-refractivity contribution in [3.8, 4) is 0 Å². The van der Waals surface area contributed by atoms with Gasteiger partial charge in [0.15, 0.2) is 0 Å². The summed E-state index contributed by atoms with van der Waals surface area (Å²) in [6, 6.07) is -0.410. The van der Waals surface area contributed by atoms with Gasteiger partial charge in [-0.2, -0.15) is 0 Å². The van der Waals surface area contributed by atoms with Crippen LogP contribution < -0.4 is 11.1 Å². The van der Waals surface area contributed by atoms with Gasteiger partial charge in [-0.15, -0.1) is 5.10 Å². The summed E-state index contributed by atoms with van der Waals surface area (Å²) in [5.74, 6) is -1.23. The largest absolute Gasteiger partial charge is 0.481 e. The summed E-state index contributed by atoms with van der Waals surface area (Å²) >= 11 is 0. The lowest BCUT2D eigenvalue weighted by Crippen LogP contribution is -2.40. The number of aliphatic carboxylic acids is 1. The number of carboxylic acids is 1. The molecule has 1 aromatic heterocycles. The average Bonchev–Trinajstić information content (AvgIpc) is 2.72. The normalized spacial score (nSPS) is 13.0. The van der Waals surface area contributed by atoms with Crippen LogP contribution in [-0.2, 0) is 22.7 Å². The number of nitrogens with two attached hydrogens (primary N) is 1. The third-order valence-corrected chi connectivity index (χ3v) is 2.75. The smallest absolute Gasteiger partial charge is 0.305 e. The van der Waals surface area contributed by atoms with Crippen LogP contribution in [-0.4, -0.2) is 38.0 Å². The fourth-order valence-electron chi connectivity index (χ4n) is 2.05. The number of nitrogens with zero attached hydrogens (tertiary/aromatic N) is 3. The number of aromatic nitrogens is 3. The van der Waals surface area contributed by atoms with Crippen molar-refractivity contribution in [2.45, 2.75) is 52.7 Å². The molecule has 0 aliphatic rings. The second kappa shape index (κ2) is 7.16. The summed E-state index contributed by atoms with van der Waals surface area (Å²) in [7, 11) is 0. The van der Waals surface area contributed by atoms with E-state index in [0.717, 1.165) is 0 Å². The standard InChI is InChI=1S/C13H23N5O3/c1-13(2,3)5-9(4-12(20)21)15-11(19)8-18-7-10(6-14)16-17-18/h7,9H,4-6,8,14H2,1-3H3,(H,15,19)(H,20,21). The Kier molecular flexibility index (Phi) is 5.83. The van der Waals surface area contributed by atoms with E-state index in [1.54, 1.807) is 6.20 Å². The van der Waals surface area contributed by atoms with Crippen molar-refractivity contribution in [2.75, 3.05) is 0 Å². The number of nitrogens with one attached hydrogen (secondary N) is 1. The third kappa shape index (κ3) is 6.84. The molecule has 21 heavy (non-hydrogen) atoms. The lowest BCUT2D eigenvalue weighted by Gasteiger charge is -2.25. The monoisotopic (exact) mass is 297 g/mol. The number of carbonyl (C=O) groups is 2. The van der Waals surface area contributed by atoms with Crippen LogP contribution in [0.1, 0.15) is 39.3 Å². The highest BCUT2D eigenvalue weighted by molar-refractivity contribution is 5.77. The molecule has 1 atom stereocenters. The SMILES string of the molecule is CC(C)(C)CC(CC(=O)O)NC(=O)Cn1cc(CN)nn1. The minimum atomic E-state index is -0.935. The minimum absolute atomic E-state index is 0.00668. The topological polar surface area (TPSA) is 123 Å². The molecule has 0 bridgehead atoms. The van der Waals surface area contributed by atoms with Gasteiger partial charge in [-0.3, -0.25) is 9.59 Å². The van der Waals surface area contributed by atoms with E-state index < -0.39 is 12.0 Å². The zero-order valence-corrected chi connectivity index (χ0v) is 12.7. The van der Waals surface area contributed by atoms with Gasteiger partial charge in [-0.1, -0.05) is 26.0 Å². The maximum Gasteiger partial charge on any atom is 0.305 e. The zero-order valence-electron chi connectivity index (χ0n) is 12.7. The van der Waals surface area contributed by atoms with Crippen LogP contribution in [0.4, 0.5) is 0 Å². The Morgan fingerprint density at radius 3 is 2.62 bits per heavy atom. The molecule has 1 heterocycles. The zero-order chi connectivity index (χ0) is 16.0. The van der Waals surface area contributed by atoms with Gasteiger partial charge in [0.05, 0.1) is 18.3 Å². The van der Waals surface area contributed by atoms with Crippen molar-refractivity contribution in [1.29, 1.82) is 0 Å². The Labute approximate surface area is 123 Å². The van der Waals surface area contributed by atoms with Crippen molar-refractivity contribution in [2.24, 2.45) is 11.1 Å². The molecule has 1 amide bonds. The van der Waals surface area contributed by atoms with E-state index in [4.69, 9.17) is 10.8 Å². The summed E-state index contributed by atoms with van der Waals surface area (Å²) in [5.41, 5.74) is 5.94. The number of carbonyl (C=O) groups excluding carboxylic acids is 1. The first-order valence-electron chi connectivity index (χ1n) is 6.80. The van der Waals surface area contributed by atoms with Crippen molar-refractivity contribution < 1.29 is 14.7 Å². The van der Waals surface area contributed by atoms with E-state index in [2.05, 4.69) is 15.6 Å². The molecule has 1 unspecified atom stereocenters. The number of amides is 1. The highest BCUT2D eigenvalue weighted by Gasteiger charge is 2.22. The number of carboxylic acid groups (broad SMARTS) is 1. The van der Waals surface area contributed by atoms with Gasteiger partial charge < -0.3 is 16.2 Å². The van der Waals surface area contributed by atoms with Crippen LogP contribution in [0.15, 0.2) is 6.20 Å². The first kappa shape index (κ1) is 17.1. The molecule has 118 valence electrons. The van der Waals surface area contributed by atoms with Gasteiger partial charge in [-0.05, 0) is 11.8 Å². The molecule has 0 radical (unpaired) electrons. The van der Waals surface area contributed by atoms with Crippen molar-refractivity contribution in [3.05, 3.63) is 11.9 Å². The molecule has 0 spiro atoms. The van der Waals surface area contributed by atoms with Gasteiger partial charge in [-0.25, -0.2) is 4.68 Å². The predicted octanol–water partition coefficient (Wildman–Crippen LogP) is 0.133. The Morgan fingerprint density at radius 2 is 2.14 bits per heavy atom. The highest BCUT2D eigenvalue weighted by atomic mass is 16.4. The summed E-state index contributed by atoms with van der Waals surface area (Å²) in [6.07, 6.45) is 2.07. The Hall–Kier alpha value is -1.96. The highest BCUT2D eigenvalue weighted by Crippen LogP contribution is 2.22. The fraction of sp³-hybridized carbons (Fsp3) is 0.692. The van der Waals surface area contributed by atoms with E-state index in [0.29, 0.717) is 12.1 Å². The second-order valence-corrected chi connectivity index (χ2v) is 6.24. The van der Waals surface area contributed by atoms with Crippen molar-refractivity contribution in [3.63, 3.8) is 0 Å². The first-order chi connectivity index (χ1) is 9.69. The molecular weight excluding hydrogens is 274 g/mol. The molecule has 0 aliphatic carbocycles. The molecule has 0 aliphatic heterocycles. The Balaban J connectivity index is 2.60. The van der Waals surface area contributed by atoms with E-state index in [9.17, 15) is 9.59 Å². The number of hydrogen-bond acceptors (Lipinski definition) is 5. The molecule has 8 nitrogen and oxygen atoms in total. The molecule has 0 saturated heterocycles. The molecule has 0 fully saturated rings. The molecular formula is C13H23N5O3. The van der Waals surface area contributed by atoms with Gasteiger partial charge in [0.2, 0.25) is 5.91 Å². The van der Waals surface area contributed by atoms with Crippen molar-refractivity contribution >= 4 is 11.9 Å².